The third-order valence-corrected chi connectivity index (χ3v) is 2.61. The van der Waals surface area contributed by atoms with E-state index in [2.05, 4.69) is 5.32 Å². The Labute approximate surface area is 95.8 Å². The molecule has 1 rings (SSSR count). The first-order chi connectivity index (χ1) is 7.59. The molecule has 3 N–H and O–H groups in total. The molecule has 0 aromatic carbocycles. The second-order valence-electron chi connectivity index (χ2n) is 4.08. The molecule has 2 amide bonds. The Balaban J connectivity index is 2.23. The lowest BCUT2D eigenvalue weighted by Gasteiger charge is -2.29. The Hall–Kier alpha value is -1.14. The van der Waals surface area contributed by atoms with Gasteiger partial charge in [0.2, 0.25) is 11.8 Å². The monoisotopic (exact) mass is 228 g/mol. The standard InChI is InChI=1S/C10H20N4O2/c1-13(5-2-9(11)15)8-10(16)14-6-3-12-4-7-14/h12H,2-8H2,1H3,(H2,11,15). The summed E-state index contributed by atoms with van der Waals surface area (Å²) in [4.78, 5) is 26.0. The summed E-state index contributed by atoms with van der Waals surface area (Å²) >= 11 is 0. The predicted molar refractivity (Wildman–Crippen MR) is 60.8 cm³/mol. The van der Waals surface area contributed by atoms with E-state index in [1.165, 1.54) is 0 Å². The number of amides is 2. The van der Waals surface area contributed by atoms with E-state index < -0.39 is 0 Å². The number of primary amides is 1. The van der Waals surface area contributed by atoms with Crippen LogP contribution in [-0.4, -0.2) is 67.9 Å². The number of rotatable bonds is 5. The number of nitrogens with one attached hydrogen (secondary N) is 1. The lowest BCUT2D eigenvalue weighted by atomic mass is 10.3. The van der Waals surface area contributed by atoms with Gasteiger partial charge in [0.05, 0.1) is 6.54 Å². The highest BCUT2D eigenvalue weighted by atomic mass is 16.2. The van der Waals surface area contributed by atoms with Crippen molar-refractivity contribution in [1.82, 2.24) is 15.1 Å². The molecule has 0 aliphatic carbocycles. The van der Waals surface area contributed by atoms with Crippen molar-refractivity contribution in [2.75, 3.05) is 46.3 Å². The molecular weight excluding hydrogens is 208 g/mol. The van der Waals surface area contributed by atoms with Gasteiger partial charge in [-0.15, -0.1) is 0 Å². The quantitative estimate of drug-likeness (QED) is 0.583. The van der Waals surface area contributed by atoms with Gasteiger partial charge in [0.1, 0.15) is 0 Å². The van der Waals surface area contributed by atoms with Gasteiger partial charge in [0.15, 0.2) is 0 Å². The molecule has 1 saturated heterocycles. The van der Waals surface area contributed by atoms with Crippen molar-refractivity contribution in [3.8, 4) is 0 Å². The molecule has 16 heavy (non-hydrogen) atoms. The van der Waals surface area contributed by atoms with E-state index in [1.807, 2.05) is 16.8 Å². The molecular formula is C10H20N4O2. The summed E-state index contributed by atoms with van der Waals surface area (Å²) in [6.07, 6.45) is 0.297. The molecule has 0 unspecified atom stereocenters. The predicted octanol–water partition coefficient (Wildman–Crippen LogP) is -1.77. The van der Waals surface area contributed by atoms with Gasteiger partial charge in [-0.05, 0) is 7.05 Å². The molecule has 0 spiro atoms. The Morgan fingerprint density at radius 1 is 1.38 bits per heavy atom. The van der Waals surface area contributed by atoms with Crippen molar-refractivity contribution >= 4 is 11.8 Å². The molecule has 6 heteroatoms. The summed E-state index contributed by atoms with van der Waals surface area (Å²) in [6.45, 7) is 4.14. The van der Waals surface area contributed by atoms with Gasteiger partial charge in [-0.3, -0.25) is 14.5 Å². The maximum absolute atomic E-state index is 11.8. The molecule has 0 saturated carbocycles. The number of likely N-dealkylation sites (N-methyl/N-ethyl adjacent to an activating group) is 1. The smallest absolute Gasteiger partial charge is 0.236 e. The number of piperazine rings is 1. The molecule has 0 bridgehead atoms. The lowest BCUT2D eigenvalue weighted by Crippen LogP contribution is -2.49. The average Bonchev–Trinajstić information content (AvgIpc) is 2.27. The third kappa shape index (κ3) is 4.59. The van der Waals surface area contributed by atoms with E-state index >= 15 is 0 Å². The van der Waals surface area contributed by atoms with Crippen LogP contribution in [0, 0.1) is 0 Å². The van der Waals surface area contributed by atoms with Gasteiger partial charge < -0.3 is 16.0 Å². The molecule has 1 fully saturated rings. The van der Waals surface area contributed by atoms with E-state index in [-0.39, 0.29) is 11.8 Å². The van der Waals surface area contributed by atoms with Crippen LogP contribution in [0.3, 0.4) is 0 Å². The first-order valence-corrected chi connectivity index (χ1v) is 5.55. The lowest BCUT2D eigenvalue weighted by molar-refractivity contribution is -0.133. The Bertz CT molecular complexity index is 251. The highest BCUT2D eigenvalue weighted by molar-refractivity contribution is 5.78. The minimum Gasteiger partial charge on any atom is -0.370 e. The van der Waals surface area contributed by atoms with Gasteiger partial charge >= 0.3 is 0 Å². The molecule has 1 heterocycles. The van der Waals surface area contributed by atoms with Crippen LogP contribution in [0.25, 0.3) is 0 Å². The fourth-order valence-electron chi connectivity index (χ4n) is 1.63. The van der Waals surface area contributed by atoms with E-state index in [0.29, 0.717) is 19.5 Å². The first-order valence-electron chi connectivity index (χ1n) is 5.55. The van der Waals surface area contributed by atoms with Crippen molar-refractivity contribution in [1.29, 1.82) is 0 Å². The van der Waals surface area contributed by atoms with Crippen LogP contribution in [0.4, 0.5) is 0 Å². The van der Waals surface area contributed by atoms with Crippen molar-refractivity contribution in [3.63, 3.8) is 0 Å². The summed E-state index contributed by atoms with van der Waals surface area (Å²) in [5.74, 6) is -0.213. The summed E-state index contributed by atoms with van der Waals surface area (Å²) in [5, 5.41) is 3.19. The minimum absolute atomic E-state index is 0.119. The van der Waals surface area contributed by atoms with Crippen LogP contribution in [0.15, 0.2) is 0 Å². The van der Waals surface area contributed by atoms with E-state index in [4.69, 9.17) is 5.73 Å². The molecule has 6 nitrogen and oxygen atoms in total. The zero-order valence-electron chi connectivity index (χ0n) is 9.74. The van der Waals surface area contributed by atoms with Crippen LogP contribution in [0.2, 0.25) is 0 Å². The number of nitrogens with two attached hydrogens (primary N) is 1. The summed E-state index contributed by atoms with van der Waals surface area (Å²) in [7, 11) is 1.82. The van der Waals surface area contributed by atoms with Crippen molar-refractivity contribution < 1.29 is 9.59 Å². The summed E-state index contributed by atoms with van der Waals surface area (Å²) < 4.78 is 0. The van der Waals surface area contributed by atoms with Gasteiger partial charge in [0, 0.05) is 39.1 Å². The number of nitrogens with zero attached hydrogens (tertiary/aromatic N) is 2. The average molecular weight is 228 g/mol. The van der Waals surface area contributed by atoms with Gasteiger partial charge in [-0.25, -0.2) is 0 Å². The van der Waals surface area contributed by atoms with E-state index in [0.717, 1.165) is 26.2 Å². The van der Waals surface area contributed by atoms with Crippen LogP contribution >= 0.6 is 0 Å². The summed E-state index contributed by atoms with van der Waals surface area (Å²) in [6, 6.07) is 0. The second-order valence-corrected chi connectivity index (χ2v) is 4.08. The normalized spacial score (nSPS) is 16.5. The van der Waals surface area contributed by atoms with Crippen molar-refractivity contribution in [3.05, 3.63) is 0 Å². The zero-order valence-corrected chi connectivity index (χ0v) is 9.74. The largest absolute Gasteiger partial charge is 0.370 e. The summed E-state index contributed by atoms with van der Waals surface area (Å²) in [5.41, 5.74) is 5.05. The fraction of sp³-hybridized carbons (Fsp3) is 0.800. The molecule has 0 atom stereocenters. The number of hydrogen-bond donors (Lipinski definition) is 2. The maximum Gasteiger partial charge on any atom is 0.236 e. The zero-order chi connectivity index (χ0) is 12.0. The van der Waals surface area contributed by atoms with Crippen LogP contribution in [-0.2, 0) is 9.59 Å². The molecule has 0 aromatic heterocycles. The number of carbonyl (C=O) groups excluding carboxylic acids is 2. The topological polar surface area (TPSA) is 78.7 Å². The van der Waals surface area contributed by atoms with Crippen molar-refractivity contribution in [2.24, 2.45) is 5.73 Å². The highest BCUT2D eigenvalue weighted by Crippen LogP contribution is 1.96. The van der Waals surface area contributed by atoms with Gasteiger partial charge in [-0.1, -0.05) is 0 Å². The SMILES string of the molecule is CN(CCC(N)=O)CC(=O)N1CCNCC1. The van der Waals surface area contributed by atoms with Crippen LogP contribution < -0.4 is 11.1 Å². The highest BCUT2D eigenvalue weighted by Gasteiger charge is 2.17. The Morgan fingerprint density at radius 2 is 2.00 bits per heavy atom. The molecule has 1 aliphatic rings. The van der Waals surface area contributed by atoms with Gasteiger partial charge in [-0.2, -0.15) is 0 Å². The molecule has 1 aliphatic heterocycles. The minimum atomic E-state index is -0.332. The maximum atomic E-state index is 11.8. The Kier molecular flexibility index (Phi) is 5.21. The van der Waals surface area contributed by atoms with Gasteiger partial charge in [0.25, 0.3) is 0 Å². The first kappa shape index (κ1) is 12.9. The number of carbonyl (C=O) groups is 2. The van der Waals surface area contributed by atoms with Crippen LogP contribution in [0.5, 0.6) is 0 Å². The molecule has 0 aromatic rings. The number of hydrogen-bond acceptors (Lipinski definition) is 4. The molecule has 0 radical (unpaired) electrons. The second kappa shape index (κ2) is 6.44. The van der Waals surface area contributed by atoms with Crippen LogP contribution in [0.1, 0.15) is 6.42 Å². The third-order valence-electron chi connectivity index (χ3n) is 2.61. The van der Waals surface area contributed by atoms with E-state index in [1.54, 1.807) is 0 Å². The fourth-order valence-corrected chi connectivity index (χ4v) is 1.63. The van der Waals surface area contributed by atoms with E-state index in [9.17, 15) is 9.59 Å². The molecule has 92 valence electrons. The Morgan fingerprint density at radius 3 is 2.56 bits per heavy atom. The van der Waals surface area contributed by atoms with Crippen molar-refractivity contribution in [2.45, 2.75) is 6.42 Å².